The molecule has 2 nitrogen and oxygen atoms in total. The molecule has 176 valence electrons. The average Bonchev–Trinajstić information content (AvgIpc) is 2.73. The van der Waals surface area contributed by atoms with E-state index in [-0.39, 0.29) is 5.48 Å². The van der Waals surface area contributed by atoms with Crippen molar-refractivity contribution in [2.45, 2.75) is 122 Å². The molecule has 0 saturated carbocycles. The Bertz CT molecular complexity index is 457. The van der Waals surface area contributed by atoms with Crippen LogP contribution in [0.4, 0.5) is 5.69 Å². The van der Waals surface area contributed by atoms with Gasteiger partial charge in [-0.15, -0.1) is 0 Å². The highest BCUT2D eigenvalue weighted by atomic mass is 16.0. The van der Waals surface area contributed by atoms with Crippen LogP contribution < -0.4 is 4.48 Å². The fourth-order valence-corrected chi connectivity index (χ4v) is 4.37. The smallest absolute Gasteiger partial charge is 0.132 e. The van der Waals surface area contributed by atoms with Gasteiger partial charge in [-0.1, -0.05) is 128 Å². The zero-order chi connectivity index (χ0) is 21.0. The molecule has 30 heavy (non-hydrogen) atoms. The van der Waals surface area contributed by atoms with Gasteiger partial charge in [0.25, 0.3) is 0 Å². The van der Waals surface area contributed by atoms with Crippen LogP contribution in [0.25, 0.3) is 0 Å². The Labute approximate surface area is 189 Å². The zero-order valence-corrected chi connectivity index (χ0v) is 20.7. The maximum absolute atomic E-state index is 2.34. The first-order chi connectivity index (χ1) is 14.2. The van der Waals surface area contributed by atoms with Gasteiger partial charge in [0.1, 0.15) is 5.69 Å². The highest BCUT2D eigenvalue weighted by molar-refractivity contribution is 5.40. The summed E-state index contributed by atoms with van der Waals surface area (Å²) in [4.78, 5) is 0. The standard InChI is InChI=1S/C28H52N.H2O/c1-4-5-6-7-8-9-10-11-12-13-14-15-16-17-18-19-20-24-27-29(2,3)28-25-22-21-23-26-28;/h21-23,25-26H,4-20,24,27H2,1-3H3;1H2/q+1;/p-1. The van der Waals surface area contributed by atoms with Crippen LogP contribution in [0, 0.1) is 0 Å². The third-order valence-corrected chi connectivity index (χ3v) is 6.53. The van der Waals surface area contributed by atoms with E-state index in [9.17, 15) is 0 Å². The normalized spacial score (nSPS) is 11.4. The summed E-state index contributed by atoms with van der Waals surface area (Å²) in [5.74, 6) is 0. The molecule has 0 aliphatic heterocycles. The fourth-order valence-electron chi connectivity index (χ4n) is 4.37. The van der Waals surface area contributed by atoms with E-state index in [0.717, 1.165) is 4.48 Å². The molecule has 2 heteroatoms. The van der Waals surface area contributed by atoms with E-state index in [1.807, 2.05) is 0 Å². The summed E-state index contributed by atoms with van der Waals surface area (Å²) >= 11 is 0. The lowest BCUT2D eigenvalue weighted by Gasteiger charge is -2.29. The summed E-state index contributed by atoms with van der Waals surface area (Å²) < 4.78 is 1.01. The van der Waals surface area contributed by atoms with Gasteiger partial charge >= 0.3 is 0 Å². The van der Waals surface area contributed by atoms with Crippen LogP contribution in [0.1, 0.15) is 122 Å². The molecule has 0 aromatic heterocycles. The molecular formula is C28H53NO. The van der Waals surface area contributed by atoms with Gasteiger partial charge in [0.2, 0.25) is 0 Å². The van der Waals surface area contributed by atoms with Gasteiger partial charge in [0, 0.05) is 0 Å². The topological polar surface area (TPSA) is 30.0 Å². The number of rotatable bonds is 20. The van der Waals surface area contributed by atoms with Gasteiger partial charge in [-0.2, -0.15) is 0 Å². The molecule has 0 amide bonds. The summed E-state index contributed by atoms with van der Waals surface area (Å²) in [5, 5.41) is 0. The van der Waals surface area contributed by atoms with Crippen molar-refractivity contribution in [2.75, 3.05) is 20.6 Å². The van der Waals surface area contributed by atoms with Gasteiger partial charge in [0.15, 0.2) is 0 Å². The predicted molar refractivity (Wildman–Crippen MR) is 136 cm³/mol. The van der Waals surface area contributed by atoms with E-state index in [0.29, 0.717) is 0 Å². The molecule has 0 heterocycles. The minimum absolute atomic E-state index is 0. The molecule has 0 aliphatic rings. The third-order valence-electron chi connectivity index (χ3n) is 6.53. The number of para-hydroxylation sites is 1. The van der Waals surface area contributed by atoms with E-state index < -0.39 is 0 Å². The lowest BCUT2D eigenvalue weighted by Crippen LogP contribution is -2.41. The highest BCUT2D eigenvalue weighted by Crippen LogP contribution is 2.19. The van der Waals surface area contributed by atoms with Crippen molar-refractivity contribution in [3.05, 3.63) is 30.3 Å². The number of hydrogen-bond acceptors (Lipinski definition) is 1. The number of hydrogen-bond donors (Lipinski definition) is 0. The number of quaternary nitrogens is 1. The highest BCUT2D eigenvalue weighted by Gasteiger charge is 2.17. The second kappa shape index (κ2) is 20.1. The fraction of sp³-hybridized carbons (Fsp3) is 0.786. The molecule has 1 N–H and O–H groups in total. The van der Waals surface area contributed by atoms with Gasteiger partial charge in [-0.05, 0) is 25.0 Å². The number of benzene rings is 1. The van der Waals surface area contributed by atoms with Crippen LogP contribution in [-0.4, -0.2) is 26.1 Å². The van der Waals surface area contributed by atoms with Crippen LogP contribution >= 0.6 is 0 Å². The largest absolute Gasteiger partial charge is 0.870 e. The van der Waals surface area contributed by atoms with Gasteiger partial charge < -0.3 is 5.48 Å². The molecular weight excluding hydrogens is 366 g/mol. The first-order valence-corrected chi connectivity index (χ1v) is 13.1. The van der Waals surface area contributed by atoms with E-state index in [1.165, 1.54) is 128 Å². The van der Waals surface area contributed by atoms with Crippen molar-refractivity contribution in [3.63, 3.8) is 0 Å². The van der Waals surface area contributed by atoms with Crippen molar-refractivity contribution < 1.29 is 5.48 Å². The molecule has 0 bridgehead atoms. The molecule has 1 aromatic rings. The van der Waals surface area contributed by atoms with Gasteiger partial charge in [0.05, 0.1) is 20.6 Å². The maximum Gasteiger partial charge on any atom is 0.132 e. The SMILES string of the molecule is CCCCCCCCCCCCCCCCCCCC[N+](C)(C)c1ccccc1.[OH-]. The van der Waals surface area contributed by atoms with Crippen LogP contribution in [-0.2, 0) is 0 Å². The second-order valence-corrected chi connectivity index (χ2v) is 9.75. The summed E-state index contributed by atoms with van der Waals surface area (Å²) in [5.41, 5.74) is 1.43. The lowest BCUT2D eigenvalue weighted by molar-refractivity contribution is 0.380. The van der Waals surface area contributed by atoms with Gasteiger partial charge in [-0.3, -0.25) is 4.48 Å². The maximum atomic E-state index is 2.34. The summed E-state index contributed by atoms with van der Waals surface area (Å²) in [6.45, 7) is 3.55. The minimum atomic E-state index is 0. The van der Waals surface area contributed by atoms with Crippen molar-refractivity contribution in [1.82, 2.24) is 4.48 Å². The Hall–Kier alpha value is -0.860. The first kappa shape index (κ1) is 29.1. The molecule has 0 spiro atoms. The number of unbranched alkanes of at least 4 members (excludes halogenated alkanes) is 17. The molecule has 0 saturated heterocycles. The van der Waals surface area contributed by atoms with E-state index in [4.69, 9.17) is 0 Å². The van der Waals surface area contributed by atoms with Crippen molar-refractivity contribution in [1.29, 1.82) is 0 Å². The molecule has 1 aromatic carbocycles. The monoisotopic (exact) mass is 419 g/mol. The zero-order valence-electron chi connectivity index (χ0n) is 20.7. The summed E-state index contributed by atoms with van der Waals surface area (Å²) in [7, 11) is 4.67. The predicted octanol–water partition coefficient (Wildman–Crippen LogP) is 9.12. The van der Waals surface area contributed by atoms with E-state index in [2.05, 4.69) is 51.4 Å². The third kappa shape index (κ3) is 15.9. The molecule has 1 rings (SSSR count). The van der Waals surface area contributed by atoms with Crippen molar-refractivity contribution >= 4 is 5.69 Å². The Morgan fingerprint density at radius 3 is 1.20 bits per heavy atom. The summed E-state index contributed by atoms with van der Waals surface area (Å²) in [6, 6.07) is 10.9. The quantitative estimate of drug-likeness (QED) is 0.153. The Kier molecular flexibility index (Phi) is 19.5. The summed E-state index contributed by atoms with van der Waals surface area (Å²) in [6.07, 6.45) is 26.1. The minimum Gasteiger partial charge on any atom is -0.870 e. The molecule has 0 atom stereocenters. The van der Waals surface area contributed by atoms with Gasteiger partial charge in [-0.25, -0.2) is 0 Å². The van der Waals surface area contributed by atoms with Crippen molar-refractivity contribution in [2.24, 2.45) is 0 Å². The Balaban J connectivity index is 0.00000841. The van der Waals surface area contributed by atoms with Crippen LogP contribution in [0.2, 0.25) is 0 Å². The molecule has 0 unspecified atom stereocenters. The Morgan fingerprint density at radius 1 is 0.500 bits per heavy atom. The van der Waals surface area contributed by atoms with Crippen LogP contribution in [0.5, 0.6) is 0 Å². The second-order valence-electron chi connectivity index (χ2n) is 9.75. The average molecular weight is 420 g/mol. The molecule has 0 aliphatic carbocycles. The van der Waals surface area contributed by atoms with Crippen LogP contribution in [0.15, 0.2) is 30.3 Å². The molecule has 0 radical (unpaired) electrons. The van der Waals surface area contributed by atoms with E-state index in [1.54, 1.807) is 0 Å². The van der Waals surface area contributed by atoms with Crippen molar-refractivity contribution in [3.8, 4) is 0 Å². The lowest BCUT2D eigenvalue weighted by atomic mass is 10.0. The van der Waals surface area contributed by atoms with E-state index >= 15 is 0 Å². The number of nitrogens with zero attached hydrogens (tertiary/aromatic N) is 1. The molecule has 0 fully saturated rings. The Morgan fingerprint density at radius 2 is 0.833 bits per heavy atom. The van der Waals surface area contributed by atoms with Crippen LogP contribution in [0.3, 0.4) is 0 Å². The first-order valence-electron chi connectivity index (χ1n) is 13.1.